The second-order valence-corrected chi connectivity index (χ2v) is 8.89. The quantitative estimate of drug-likeness (QED) is 0.137. The number of ketones is 1. The maximum absolute atomic E-state index is 12.4. The number of esters is 1. The Morgan fingerprint density at radius 2 is 1.62 bits per heavy atom. The van der Waals surface area contributed by atoms with E-state index in [0.717, 1.165) is 56.9 Å². The van der Waals surface area contributed by atoms with Gasteiger partial charge in [-0.3, -0.25) is 9.59 Å². The van der Waals surface area contributed by atoms with Crippen LogP contribution in [0.4, 0.5) is 0 Å². The van der Waals surface area contributed by atoms with Gasteiger partial charge in [-0.2, -0.15) is 0 Å². The highest BCUT2D eigenvalue weighted by molar-refractivity contribution is 8.23. The lowest BCUT2D eigenvalue weighted by atomic mass is 10.0. The number of benzene rings is 1. The fraction of sp³-hybridized carbons (Fsp3) is 0.609. The third kappa shape index (κ3) is 12.7. The molecule has 0 amide bonds. The van der Waals surface area contributed by atoms with E-state index in [1.807, 2.05) is 37.3 Å². The van der Waals surface area contributed by atoms with Gasteiger partial charge < -0.3 is 9.47 Å². The van der Waals surface area contributed by atoms with Gasteiger partial charge in [0.25, 0.3) is 0 Å². The number of unbranched alkanes of at least 4 members (excludes halogenated alkanes) is 5. The van der Waals surface area contributed by atoms with Gasteiger partial charge in [0, 0.05) is 23.7 Å². The van der Waals surface area contributed by atoms with Crippen molar-refractivity contribution in [3.05, 3.63) is 35.9 Å². The van der Waals surface area contributed by atoms with Crippen molar-refractivity contribution >= 4 is 40.1 Å². The first-order valence-corrected chi connectivity index (χ1v) is 11.8. The zero-order chi connectivity index (χ0) is 21.3. The molecule has 0 aliphatic heterocycles. The highest BCUT2D eigenvalue weighted by Crippen LogP contribution is 2.26. The molecule has 0 radical (unpaired) electrons. The van der Waals surface area contributed by atoms with Crippen LogP contribution in [0, 0.1) is 0 Å². The monoisotopic (exact) mass is 438 g/mol. The predicted octanol–water partition coefficient (Wildman–Crippen LogP) is 6.37. The molecule has 6 heteroatoms. The summed E-state index contributed by atoms with van der Waals surface area (Å²) >= 11 is 6.89. The van der Waals surface area contributed by atoms with Crippen molar-refractivity contribution in [1.82, 2.24) is 0 Å². The lowest BCUT2D eigenvalue weighted by molar-refractivity contribution is -0.140. The molecule has 0 spiro atoms. The van der Waals surface area contributed by atoms with E-state index < -0.39 is 0 Å². The van der Waals surface area contributed by atoms with E-state index in [1.54, 1.807) is 11.8 Å². The summed E-state index contributed by atoms with van der Waals surface area (Å²) in [7, 11) is 1.43. The molecule has 1 aromatic carbocycles. The van der Waals surface area contributed by atoms with Gasteiger partial charge in [0.05, 0.1) is 13.7 Å². The zero-order valence-electron chi connectivity index (χ0n) is 17.7. The van der Waals surface area contributed by atoms with Gasteiger partial charge in [-0.05, 0) is 38.4 Å². The second-order valence-electron chi connectivity index (χ2n) is 6.99. The molecule has 0 saturated heterocycles. The molecule has 0 heterocycles. The summed E-state index contributed by atoms with van der Waals surface area (Å²) in [5.41, 5.74) is 0.774. The molecule has 0 aromatic heterocycles. The first-order chi connectivity index (χ1) is 14.1. The average Bonchev–Trinajstić information content (AvgIpc) is 2.73. The van der Waals surface area contributed by atoms with Crippen LogP contribution >= 0.6 is 24.0 Å². The summed E-state index contributed by atoms with van der Waals surface area (Å²) in [5, 5.41) is 0.307. The average molecular weight is 439 g/mol. The minimum atomic E-state index is -0.125. The van der Waals surface area contributed by atoms with E-state index >= 15 is 0 Å². The maximum Gasteiger partial charge on any atom is 0.305 e. The fourth-order valence-corrected chi connectivity index (χ4v) is 4.57. The van der Waals surface area contributed by atoms with Crippen molar-refractivity contribution in [1.29, 1.82) is 0 Å². The number of carbonyl (C=O) groups excluding carboxylic acids is 2. The molecule has 0 aliphatic rings. The number of carbonyl (C=O) groups is 2. The molecule has 0 aliphatic carbocycles. The number of thioether (sulfide) groups is 1. The van der Waals surface area contributed by atoms with Crippen LogP contribution in [0.15, 0.2) is 30.3 Å². The fourth-order valence-electron chi connectivity index (χ4n) is 3.06. The summed E-state index contributed by atoms with van der Waals surface area (Å²) in [6.07, 6.45) is 9.42. The Hall–Kier alpha value is -1.40. The Kier molecular flexibility index (Phi) is 14.5. The van der Waals surface area contributed by atoms with Gasteiger partial charge >= 0.3 is 5.97 Å². The van der Waals surface area contributed by atoms with Crippen LogP contribution < -0.4 is 0 Å². The maximum atomic E-state index is 12.4. The van der Waals surface area contributed by atoms with Crippen molar-refractivity contribution in [2.24, 2.45) is 0 Å². The highest BCUT2D eigenvalue weighted by atomic mass is 32.2. The van der Waals surface area contributed by atoms with Gasteiger partial charge in [-0.15, -0.1) is 0 Å². The van der Waals surface area contributed by atoms with Crippen LogP contribution in [0.5, 0.6) is 0 Å². The molecule has 1 rings (SSSR count). The third-order valence-corrected chi connectivity index (χ3v) is 6.22. The van der Waals surface area contributed by atoms with Crippen LogP contribution in [0.2, 0.25) is 0 Å². The molecule has 1 unspecified atom stereocenters. The normalized spacial score (nSPS) is 11.7. The topological polar surface area (TPSA) is 52.6 Å². The number of ether oxygens (including phenoxy) is 2. The van der Waals surface area contributed by atoms with E-state index in [4.69, 9.17) is 17.0 Å². The predicted molar refractivity (Wildman–Crippen MR) is 125 cm³/mol. The smallest absolute Gasteiger partial charge is 0.305 e. The van der Waals surface area contributed by atoms with E-state index in [2.05, 4.69) is 4.74 Å². The van der Waals surface area contributed by atoms with Crippen molar-refractivity contribution in [2.45, 2.75) is 76.4 Å². The van der Waals surface area contributed by atoms with E-state index in [9.17, 15) is 9.59 Å². The number of methoxy groups -OCH3 is 1. The minimum absolute atomic E-state index is 0.125. The molecule has 1 aromatic rings. The largest absolute Gasteiger partial charge is 0.479 e. The molecule has 162 valence electrons. The van der Waals surface area contributed by atoms with Crippen LogP contribution in [-0.2, 0) is 14.3 Å². The van der Waals surface area contributed by atoms with Gasteiger partial charge in [0.2, 0.25) is 4.38 Å². The molecule has 1 atom stereocenters. The standard InChI is InChI=1S/C23H34O4S2/c1-3-27-23(28)29-20(17-18-21(24)19-13-9-8-10-14-19)15-11-6-4-5-7-12-16-22(25)26-2/h8-10,13-14,20H,3-7,11-12,15-18H2,1-2H3. The molecule has 29 heavy (non-hydrogen) atoms. The Bertz CT molecular complexity index is 604. The summed E-state index contributed by atoms with van der Waals surface area (Å²) in [5.74, 6) is 0.0596. The first-order valence-electron chi connectivity index (χ1n) is 10.5. The molecule has 4 nitrogen and oxygen atoms in total. The van der Waals surface area contributed by atoms with E-state index in [-0.39, 0.29) is 11.8 Å². The lowest BCUT2D eigenvalue weighted by Crippen LogP contribution is -2.11. The molecule has 0 saturated carbocycles. The Morgan fingerprint density at radius 1 is 0.966 bits per heavy atom. The van der Waals surface area contributed by atoms with Crippen LogP contribution in [0.3, 0.4) is 0 Å². The summed E-state index contributed by atoms with van der Waals surface area (Å²) in [6.45, 7) is 2.51. The molecule has 0 bridgehead atoms. The molecule has 0 fully saturated rings. The van der Waals surface area contributed by atoms with Gasteiger partial charge in [-0.1, -0.05) is 74.2 Å². The van der Waals surface area contributed by atoms with Crippen LogP contribution in [0.1, 0.15) is 81.5 Å². The number of rotatable bonds is 15. The van der Waals surface area contributed by atoms with Crippen molar-refractivity contribution in [2.75, 3.05) is 13.7 Å². The minimum Gasteiger partial charge on any atom is -0.479 e. The number of hydrogen-bond donors (Lipinski definition) is 0. The lowest BCUT2D eigenvalue weighted by Gasteiger charge is -2.16. The van der Waals surface area contributed by atoms with Crippen LogP contribution in [0.25, 0.3) is 0 Å². The summed E-state index contributed by atoms with van der Waals surface area (Å²) < 4.78 is 10.7. The van der Waals surface area contributed by atoms with Crippen molar-refractivity contribution < 1.29 is 19.1 Å². The molecular weight excluding hydrogens is 404 g/mol. The number of Topliss-reactive ketones (excluding diaryl/α,β-unsaturated/α-hetero) is 1. The summed E-state index contributed by atoms with van der Waals surface area (Å²) in [6, 6.07) is 9.46. The van der Waals surface area contributed by atoms with Crippen LogP contribution in [-0.4, -0.2) is 35.1 Å². The Morgan fingerprint density at radius 3 is 2.28 bits per heavy atom. The third-order valence-electron chi connectivity index (χ3n) is 4.70. The number of hydrogen-bond acceptors (Lipinski definition) is 6. The molecular formula is C23H34O4S2. The zero-order valence-corrected chi connectivity index (χ0v) is 19.3. The SMILES string of the molecule is CCOC(=S)SC(CCCCCCCCC(=O)OC)CCC(=O)c1ccccc1. The highest BCUT2D eigenvalue weighted by Gasteiger charge is 2.16. The van der Waals surface area contributed by atoms with E-state index in [1.165, 1.54) is 7.11 Å². The summed E-state index contributed by atoms with van der Waals surface area (Å²) in [4.78, 5) is 23.5. The van der Waals surface area contributed by atoms with Gasteiger partial charge in [0.1, 0.15) is 0 Å². The van der Waals surface area contributed by atoms with Crippen molar-refractivity contribution in [3.63, 3.8) is 0 Å². The van der Waals surface area contributed by atoms with E-state index in [0.29, 0.717) is 29.1 Å². The second kappa shape index (κ2) is 16.4. The Labute approximate surface area is 185 Å². The van der Waals surface area contributed by atoms with Gasteiger partial charge in [-0.25, -0.2) is 0 Å². The Balaban J connectivity index is 2.30. The number of thiocarbonyl (C=S) groups is 1. The molecule has 0 N–H and O–H groups in total. The van der Waals surface area contributed by atoms with Crippen molar-refractivity contribution in [3.8, 4) is 0 Å². The first kappa shape index (κ1) is 25.6. The van der Waals surface area contributed by atoms with Gasteiger partial charge in [0.15, 0.2) is 5.78 Å².